The molecule has 0 spiro atoms. The highest BCUT2D eigenvalue weighted by atomic mass is 35.5. The minimum atomic E-state index is 0.612. The summed E-state index contributed by atoms with van der Waals surface area (Å²) < 4.78 is 7.01. The molecule has 0 aliphatic heterocycles. The molecule has 5 nitrogen and oxygen atoms in total. The number of pyridine rings is 2. The number of hydrogen-bond donors (Lipinski definition) is 0. The van der Waals surface area contributed by atoms with E-state index in [0.29, 0.717) is 10.9 Å². The second kappa shape index (κ2) is 8.62. The Labute approximate surface area is 165 Å². The zero-order valence-electron chi connectivity index (χ0n) is 14.3. The van der Waals surface area contributed by atoms with Gasteiger partial charge in [0.25, 0.3) is 0 Å². The first-order chi connectivity index (χ1) is 12.6. The van der Waals surface area contributed by atoms with Crippen LogP contribution in [-0.2, 0) is 0 Å². The lowest BCUT2D eigenvalue weighted by atomic mass is 10.3. The van der Waals surface area contributed by atoms with Gasteiger partial charge in [-0.25, -0.2) is 9.97 Å². The van der Waals surface area contributed by atoms with Crippen LogP contribution in [0.2, 0.25) is 5.02 Å². The Morgan fingerprint density at radius 1 is 1.42 bits per heavy atom. The van der Waals surface area contributed by atoms with Crippen LogP contribution in [0.15, 0.2) is 52.0 Å². The van der Waals surface area contributed by atoms with Crippen LogP contribution in [0.5, 0.6) is 5.88 Å². The first kappa shape index (κ1) is 18.8. The second-order valence-corrected chi connectivity index (χ2v) is 7.90. The summed E-state index contributed by atoms with van der Waals surface area (Å²) in [5.41, 5.74) is 3.26. The topological polar surface area (TPSA) is 51.8 Å². The van der Waals surface area contributed by atoms with E-state index in [1.807, 2.05) is 47.2 Å². The predicted molar refractivity (Wildman–Crippen MR) is 112 cm³/mol. The molecule has 0 amide bonds. The molecule has 0 aromatic carbocycles. The van der Waals surface area contributed by atoms with Crippen molar-refractivity contribution < 1.29 is 4.74 Å². The average molecular weight is 405 g/mol. The van der Waals surface area contributed by atoms with Crippen molar-refractivity contribution in [2.75, 3.05) is 12.2 Å². The van der Waals surface area contributed by atoms with Crippen molar-refractivity contribution in [1.29, 1.82) is 0 Å². The number of aromatic nitrogens is 3. The Balaban J connectivity index is 1.73. The quantitative estimate of drug-likeness (QED) is 0.235. The van der Waals surface area contributed by atoms with Gasteiger partial charge in [0.05, 0.1) is 29.2 Å². The SMILES string of the molecule is C=N/C(=C\SCSc1ccc(OC)nc1)c1c(C)nc2c(Cl)cccn12. The fourth-order valence-corrected chi connectivity index (χ4v) is 4.34. The fraction of sp³-hybridized carbons (Fsp3) is 0.167. The highest BCUT2D eigenvalue weighted by Gasteiger charge is 2.14. The average Bonchev–Trinajstić information content (AvgIpc) is 3.00. The summed E-state index contributed by atoms with van der Waals surface area (Å²) in [5.74, 6) is 0.613. The molecule has 0 saturated heterocycles. The third-order valence-electron chi connectivity index (χ3n) is 3.60. The summed E-state index contributed by atoms with van der Waals surface area (Å²) >= 11 is 9.57. The molecule has 0 radical (unpaired) electrons. The van der Waals surface area contributed by atoms with Gasteiger partial charge in [0.15, 0.2) is 5.65 Å². The van der Waals surface area contributed by atoms with Gasteiger partial charge in [0.1, 0.15) is 0 Å². The molecule has 0 atom stereocenters. The molecule has 3 heterocycles. The lowest BCUT2D eigenvalue weighted by Gasteiger charge is -2.05. The van der Waals surface area contributed by atoms with Crippen LogP contribution in [0.25, 0.3) is 11.3 Å². The number of fused-ring (bicyclic) bond motifs is 1. The molecule has 0 saturated carbocycles. The number of hydrogen-bond acceptors (Lipinski definition) is 6. The number of imidazole rings is 1. The number of aliphatic imine (C=N–C) groups is 1. The summed E-state index contributed by atoms with van der Waals surface area (Å²) in [6.45, 7) is 5.65. The molecule has 134 valence electrons. The summed E-state index contributed by atoms with van der Waals surface area (Å²) in [4.78, 5) is 14.0. The third-order valence-corrected chi connectivity index (χ3v) is 5.87. The monoisotopic (exact) mass is 404 g/mol. The van der Waals surface area contributed by atoms with Gasteiger partial charge in [-0.05, 0) is 37.2 Å². The lowest BCUT2D eigenvalue weighted by molar-refractivity contribution is 0.397. The molecule has 0 aliphatic rings. The molecule has 26 heavy (non-hydrogen) atoms. The highest BCUT2D eigenvalue weighted by Crippen LogP contribution is 2.29. The summed E-state index contributed by atoms with van der Waals surface area (Å²) in [7, 11) is 1.61. The van der Waals surface area contributed by atoms with E-state index in [-0.39, 0.29) is 0 Å². The highest BCUT2D eigenvalue weighted by molar-refractivity contribution is 8.17. The Morgan fingerprint density at radius 3 is 2.96 bits per heavy atom. The van der Waals surface area contributed by atoms with E-state index in [1.165, 1.54) is 0 Å². The Hall–Kier alpha value is -1.96. The van der Waals surface area contributed by atoms with Crippen LogP contribution in [0.1, 0.15) is 11.4 Å². The number of rotatable bonds is 7. The van der Waals surface area contributed by atoms with Crippen LogP contribution in [0, 0.1) is 6.92 Å². The van der Waals surface area contributed by atoms with Crippen LogP contribution >= 0.6 is 35.1 Å². The molecular formula is C18H17ClN4OS2. The van der Waals surface area contributed by atoms with Gasteiger partial charge < -0.3 is 4.74 Å². The Kier molecular flexibility index (Phi) is 6.24. The maximum absolute atomic E-state index is 6.23. The number of methoxy groups -OCH3 is 1. The Bertz CT molecular complexity index is 954. The van der Waals surface area contributed by atoms with Crippen molar-refractivity contribution in [3.63, 3.8) is 0 Å². The zero-order valence-corrected chi connectivity index (χ0v) is 16.7. The molecular weight excluding hydrogens is 388 g/mol. The van der Waals surface area contributed by atoms with E-state index < -0.39 is 0 Å². The normalized spacial score (nSPS) is 11.7. The van der Waals surface area contributed by atoms with Gasteiger partial charge in [-0.2, -0.15) is 0 Å². The van der Waals surface area contributed by atoms with Gasteiger partial charge in [-0.1, -0.05) is 11.6 Å². The van der Waals surface area contributed by atoms with E-state index in [2.05, 4.69) is 21.7 Å². The van der Waals surface area contributed by atoms with E-state index in [0.717, 1.165) is 32.7 Å². The molecule has 0 aliphatic carbocycles. The summed E-state index contributed by atoms with van der Waals surface area (Å²) in [6.07, 6.45) is 3.73. The fourth-order valence-electron chi connectivity index (χ4n) is 2.41. The minimum Gasteiger partial charge on any atom is -0.481 e. The van der Waals surface area contributed by atoms with Gasteiger partial charge in [-0.15, -0.1) is 23.5 Å². The smallest absolute Gasteiger partial charge is 0.212 e. The minimum absolute atomic E-state index is 0.612. The van der Waals surface area contributed by atoms with E-state index >= 15 is 0 Å². The van der Waals surface area contributed by atoms with Crippen LogP contribution in [0.3, 0.4) is 0 Å². The van der Waals surface area contributed by atoms with Crippen molar-refractivity contribution in [1.82, 2.24) is 14.4 Å². The second-order valence-electron chi connectivity index (χ2n) is 5.22. The van der Waals surface area contributed by atoms with Gasteiger partial charge in [-0.3, -0.25) is 9.39 Å². The van der Waals surface area contributed by atoms with E-state index in [4.69, 9.17) is 16.3 Å². The first-order valence-electron chi connectivity index (χ1n) is 7.69. The molecule has 8 heteroatoms. The number of nitrogens with zero attached hydrogens (tertiary/aromatic N) is 4. The van der Waals surface area contributed by atoms with Crippen molar-refractivity contribution >= 4 is 53.2 Å². The van der Waals surface area contributed by atoms with Gasteiger partial charge in [0.2, 0.25) is 5.88 Å². The molecule has 0 fully saturated rings. The molecule has 3 rings (SSSR count). The third kappa shape index (κ3) is 4.06. The largest absolute Gasteiger partial charge is 0.481 e. The summed E-state index contributed by atoms with van der Waals surface area (Å²) in [6, 6.07) is 7.56. The van der Waals surface area contributed by atoms with Crippen molar-refractivity contribution in [2.45, 2.75) is 11.8 Å². The van der Waals surface area contributed by atoms with Crippen LogP contribution < -0.4 is 4.74 Å². The molecule has 0 N–H and O–H groups in total. The van der Waals surface area contributed by atoms with Crippen molar-refractivity contribution in [2.24, 2.45) is 4.99 Å². The molecule has 0 bridgehead atoms. The predicted octanol–water partition coefficient (Wildman–Crippen LogP) is 5.18. The van der Waals surface area contributed by atoms with Crippen molar-refractivity contribution in [3.8, 4) is 5.88 Å². The van der Waals surface area contributed by atoms with Gasteiger partial charge in [0, 0.05) is 28.4 Å². The van der Waals surface area contributed by atoms with E-state index in [1.54, 1.807) is 36.8 Å². The number of halogens is 1. The lowest BCUT2D eigenvalue weighted by Crippen LogP contribution is -1.92. The molecule has 3 aromatic heterocycles. The first-order valence-corrected chi connectivity index (χ1v) is 10.1. The standard InChI is InChI=1S/C18H17ClN4OS2/c1-12-17(23-8-4-5-14(19)18(23)22-12)15(20-2)10-25-11-26-13-6-7-16(24-3)21-9-13/h4-10H,2,11H2,1,3H3/b15-10-. The Morgan fingerprint density at radius 2 is 2.27 bits per heavy atom. The van der Waals surface area contributed by atoms with Crippen LogP contribution in [-0.4, -0.2) is 33.3 Å². The summed E-state index contributed by atoms with van der Waals surface area (Å²) in [5, 5.41) is 3.43. The molecule has 0 unspecified atom stereocenters. The maximum atomic E-state index is 6.23. The number of ether oxygens (including phenoxy) is 1. The van der Waals surface area contributed by atoms with Gasteiger partial charge >= 0.3 is 0 Å². The van der Waals surface area contributed by atoms with Crippen LogP contribution in [0.4, 0.5) is 0 Å². The number of thioether (sulfide) groups is 2. The number of aryl methyl sites for hydroxylation is 1. The zero-order chi connectivity index (χ0) is 18.5. The van der Waals surface area contributed by atoms with Crippen molar-refractivity contribution in [3.05, 3.63) is 58.5 Å². The maximum Gasteiger partial charge on any atom is 0.212 e. The molecule has 3 aromatic rings. The van der Waals surface area contributed by atoms with E-state index in [9.17, 15) is 0 Å².